The molecule has 1 aliphatic rings. The van der Waals surface area contributed by atoms with E-state index in [2.05, 4.69) is 33.3 Å². The van der Waals surface area contributed by atoms with Crippen LogP contribution < -0.4 is 4.74 Å². The van der Waals surface area contributed by atoms with Gasteiger partial charge in [0.05, 0.1) is 18.0 Å². The van der Waals surface area contributed by atoms with Gasteiger partial charge in [-0.2, -0.15) is 5.10 Å². The zero-order chi connectivity index (χ0) is 21.8. The topological polar surface area (TPSA) is 61.4 Å². The predicted octanol–water partition coefficient (Wildman–Crippen LogP) is 4.75. The summed E-state index contributed by atoms with van der Waals surface area (Å²) in [6.07, 6.45) is 1.97. The van der Waals surface area contributed by atoms with Gasteiger partial charge in [0.25, 0.3) is 0 Å². The van der Waals surface area contributed by atoms with Gasteiger partial charge in [-0.05, 0) is 28.8 Å². The van der Waals surface area contributed by atoms with E-state index in [4.69, 9.17) is 4.74 Å². The highest BCUT2D eigenvalue weighted by atomic mass is 16.5. The Balaban J connectivity index is 1.33. The second kappa shape index (κ2) is 9.39. The van der Waals surface area contributed by atoms with E-state index in [0.717, 1.165) is 53.3 Å². The van der Waals surface area contributed by atoms with Gasteiger partial charge < -0.3 is 9.84 Å². The van der Waals surface area contributed by atoms with Crippen LogP contribution in [0.25, 0.3) is 11.3 Å². The van der Waals surface area contributed by atoms with E-state index >= 15 is 0 Å². The first-order chi connectivity index (χ1) is 15.8. The maximum absolute atomic E-state index is 10.8. The van der Waals surface area contributed by atoms with Crippen molar-refractivity contribution in [3.8, 4) is 17.0 Å². The number of benzene rings is 3. The summed E-state index contributed by atoms with van der Waals surface area (Å²) in [5.41, 5.74) is 6.52. The third-order valence-corrected chi connectivity index (χ3v) is 5.97. The number of fused-ring (bicyclic) bond motifs is 1. The number of aliphatic hydroxyl groups is 1. The number of hydrogen-bond acceptors (Lipinski definition) is 4. The summed E-state index contributed by atoms with van der Waals surface area (Å²) >= 11 is 0. The lowest BCUT2D eigenvalue weighted by atomic mass is 9.99. The first kappa shape index (κ1) is 20.5. The van der Waals surface area contributed by atoms with Gasteiger partial charge >= 0.3 is 0 Å². The molecule has 5 nitrogen and oxygen atoms in total. The lowest BCUT2D eigenvalue weighted by molar-refractivity contribution is 0.178. The van der Waals surface area contributed by atoms with Crippen molar-refractivity contribution >= 4 is 0 Å². The highest BCUT2D eigenvalue weighted by Gasteiger charge is 2.20. The summed E-state index contributed by atoms with van der Waals surface area (Å²) < 4.78 is 6.02. The smallest absolute Gasteiger partial charge is 0.123 e. The van der Waals surface area contributed by atoms with E-state index in [1.807, 2.05) is 66.9 Å². The van der Waals surface area contributed by atoms with Crippen LogP contribution in [0.1, 0.15) is 28.4 Å². The third kappa shape index (κ3) is 4.59. The summed E-state index contributed by atoms with van der Waals surface area (Å²) in [4.78, 5) is 2.37. The quantitative estimate of drug-likeness (QED) is 0.468. The number of ether oxygens (including phenoxy) is 1. The first-order valence-corrected chi connectivity index (χ1v) is 11.0. The molecule has 0 fully saturated rings. The molecule has 5 heteroatoms. The molecular formula is C27H27N3O2. The minimum Gasteiger partial charge on any atom is -0.492 e. The number of aliphatic hydroxyl groups excluding tert-OH is 1. The Labute approximate surface area is 188 Å². The SMILES string of the molecule is O[C@@H](Cc1ccccc1)c1ccc2c(c1)CN(Cc1cn[nH]c1-c1ccccc1)CCO2. The van der Waals surface area contributed by atoms with Crippen LogP contribution in [0, 0.1) is 0 Å². The van der Waals surface area contributed by atoms with Crippen molar-refractivity contribution in [2.24, 2.45) is 0 Å². The molecule has 32 heavy (non-hydrogen) atoms. The fourth-order valence-electron chi connectivity index (χ4n) is 4.29. The van der Waals surface area contributed by atoms with Crippen molar-refractivity contribution < 1.29 is 9.84 Å². The molecule has 0 aliphatic carbocycles. The second-order valence-corrected chi connectivity index (χ2v) is 8.27. The van der Waals surface area contributed by atoms with Gasteiger partial charge in [0, 0.05) is 37.2 Å². The molecule has 1 aliphatic heterocycles. The van der Waals surface area contributed by atoms with Gasteiger partial charge in [0.1, 0.15) is 12.4 Å². The molecule has 4 aromatic rings. The van der Waals surface area contributed by atoms with Gasteiger partial charge in [-0.25, -0.2) is 0 Å². The standard InChI is InChI=1S/C27H27N3O2/c31-25(15-20-7-3-1-4-8-20)22-11-12-26-23(16-22)18-30(13-14-32-26)19-24-17-28-29-27(24)21-9-5-2-6-10-21/h1-12,16-17,25,31H,13-15,18-19H2,(H,28,29)/t25-/m0/s1. The van der Waals surface area contributed by atoms with Crippen LogP contribution >= 0.6 is 0 Å². The van der Waals surface area contributed by atoms with E-state index in [1.165, 1.54) is 5.56 Å². The van der Waals surface area contributed by atoms with Crippen LogP contribution in [0.5, 0.6) is 5.75 Å². The molecule has 1 aromatic heterocycles. The normalized spacial score (nSPS) is 14.9. The Hall–Kier alpha value is -3.41. The highest BCUT2D eigenvalue weighted by molar-refractivity contribution is 5.62. The lowest BCUT2D eigenvalue weighted by Crippen LogP contribution is -2.25. The fourth-order valence-corrected chi connectivity index (χ4v) is 4.29. The Morgan fingerprint density at radius 3 is 2.59 bits per heavy atom. The minimum absolute atomic E-state index is 0.544. The van der Waals surface area contributed by atoms with Gasteiger partial charge in [-0.15, -0.1) is 0 Å². The molecule has 5 rings (SSSR count). The van der Waals surface area contributed by atoms with Crippen molar-refractivity contribution in [1.29, 1.82) is 0 Å². The molecule has 0 spiro atoms. The zero-order valence-electron chi connectivity index (χ0n) is 17.9. The Kier molecular flexibility index (Phi) is 6.01. The van der Waals surface area contributed by atoms with E-state index < -0.39 is 6.10 Å². The summed E-state index contributed by atoms with van der Waals surface area (Å²) in [5, 5.41) is 18.3. The fraction of sp³-hybridized carbons (Fsp3) is 0.222. The second-order valence-electron chi connectivity index (χ2n) is 8.27. The van der Waals surface area contributed by atoms with Crippen molar-refractivity contribution in [1.82, 2.24) is 15.1 Å². The monoisotopic (exact) mass is 425 g/mol. The van der Waals surface area contributed by atoms with Crippen LogP contribution in [0.3, 0.4) is 0 Å². The van der Waals surface area contributed by atoms with E-state index in [-0.39, 0.29) is 0 Å². The molecule has 2 N–H and O–H groups in total. The molecule has 1 atom stereocenters. The van der Waals surface area contributed by atoms with E-state index in [9.17, 15) is 5.11 Å². The Bertz CT molecular complexity index is 1160. The number of hydrogen-bond donors (Lipinski definition) is 2. The lowest BCUT2D eigenvalue weighted by Gasteiger charge is -2.20. The van der Waals surface area contributed by atoms with Crippen molar-refractivity contribution in [2.45, 2.75) is 25.6 Å². The van der Waals surface area contributed by atoms with Crippen molar-refractivity contribution in [3.05, 3.63) is 107 Å². The summed E-state index contributed by atoms with van der Waals surface area (Å²) in [5.74, 6) is 0.902. The average molecular weight is 426 g/mol. The van der Waals surface area contributed by atoms with Crippen LogP contribution in [0.2, 0.25) is 0 Å². The number of nitrogens with one attached hydrogen (secondary N) is 1. The third-order valence-electron chi connectivity index (χ3n) is 5.97. The number of H-pyrrole nitrogens is 1. The van der Waals surface area contributed by atoms with Crippen molar-refractivity contribution in [2.75, 3.05) is 13.2 Å². The summed E-state index contributed by atoms with van der Waals surface area (Å²) in [6.45, 7) is 3.01. The largest absolute Gasteiger partial charge is 0.492 e. The molecular weight excluding hydrogens is 398 g/mol. The minimum atomic E-state index is -0.544. The highest BCUT2D eigenvalue weighted by Crippen LogP contribution is 2.30. The van der Waals surface area contributed by atoms with Gasteiger partial charge in [0.15, 0.2) is 0 Å². The van der Waals surface area contributed by atoms with Gasteiger partial charge in [0.2, 0.25) is 0 Å². The molecule has 0 radical (unpaired) electrons. The average Bonchev–Trinajstić information content (AvgIpc) is 3.19. The molecule has 3 aromatic carbocycles. The Morgan fingerprint density at radius 2 is 1.78 bits per heavy atom. The molecule has 0 bridgehead atoms. The van der Waals surface area contributed by atoms with Crippen LogP contribution in [-0.2, 0) is 19.5 Å². The van der Waals surface area contributed by atoms with E-state index in [0.29, 0.717) is 13.0 Å². The van der Waals surface area contributed by atoms with Crippen LogP contribution in [0.4, 0.5) is 0 Å². The van der Waals surface area contributed by atoms with Crippen molar-refractivity contribution in [3.63, 3.8) is 0 Å². The number of aromatic amines is 1. The molecule has 0 saturated carbocycles. The Morgan fingerprint density at radius 1 is 1.00 bits per heavy atom. The maximum Gasteiger partial charge on any atom is 0.123 e. The number of nitrogens with zero attached hydrogens (tertiary/aromatic N) is 2. The van der Waals surface area contributed by atoms with E-state index in [1.54, 1.807) is 0 Å². The number of rotatable bonds is 6. The summed E-state index contributed by atoms with van der Waals surface area (Å²) in [7, 11) is 0. The molecule has 0 unspecified atom stereocenters. The van der Waals surface area contributed by atoms with Gasteiger partial charge in [-0.1, -0.05) is 66.7 Å². The van der Waals surface area contributed by atoms with Crippen LogP contribution in [0.15, 0.2) is 85.1 Å². The molecule has 162 valence electrons. The molecule has 0 saturated heterocycles. The molecule has 0 amide bonds. The summed E-state index contributed by atoms with van der Waals surface area (Å²) in [6, 6.07) is 26.5. The molecule has 2 heterocycles. The van der Waals surface area contributed by atoms with Crippen LogP contribution in [-0.4, -0.2) is 33.4 Å². The first-order valence-electron chi connectivity index (χ1n) is 11.0. The number of aromatic nitrogens is 2. The van der Waals surface area contributed by atoms with Gasteiger partial charge in [-0.3, -0.25) is 10.00 Å². The predicted molar refractivity (Wildman–Crippen MR) is 125 cm³/mol. The zero-order valence-corrected chi connectivity index (χ0v) is 17.9. The maximum atomic E-state index is 10.8.